The van der Waals surface area contributed by atoms with Gasteiger partial charge in [-0.2, -0.15) is 10.4 Å². The Kier molecular flexibility index (Phi) is 4.65. The lowest BCUT2D eigenvalue weighted by atomic mass is 10.1. The van der Waals surface area contributed by atoms with Crippen LogP contribution in [0.15, 0.2) is 67.0 Å². The Labute approximate surface area is 152 Å². The average Bonchev–Trinajstić information content (AvgIpc) is 3.32. The molecule has 2 atom stereocenters. The summed E-state index contributed by atoms with van der Waals surface area (Å²) in [5.74, 6) is 0.751. The van der Waals surface area contributed by atoms with Crippen molar-refractivity contribution in [2.45, 2.75) is 18.7 Å². The van der Waals surface area contributed by atoms with Gasteiger partial charge in [0.1, 0.15) is 11.9 Å². The van der Waals surface area contributed by atoms with Gasteiger partial charge >= 0.3 is 0 Å². The van der Waals surface area contributed by atoms with Crippen LogP contribution in [0.2, 0.25) is 0 Å². The molecule has 3 aromatic rings. The van der Waals surface area contributed by atoms with Gasteiger partial charge in [0.05, 0.1) is 30.4 Å². The van der Waals surface area contributed by atoms with E-state index in [1.165, 1.54) is 5.56 Å². The lowest BCUT2D eigenvalue weighted by molar-refractivity contribution is 0.197. The number of ether oxygens (including phenoxy) is 1. The van der Waals surface area contributed by atoms with E-state index in [1.807, 2.05) is 47.4 Å². The third-order valence-corrected chi connectivity index (χ3v) is 4.40. The van der Waals surface area contributed by atoms with E-state index in [2.05, 4.69) is 34.2 Å². The van der Waals surface area contributed by atoms with Crippen molar-refractivity contribution in [3.8, 4) is 11.8 Å². The van der Waals surface area contributed by atoms with E-state index in [4.69, 9.17) is 10.00 Å². The molecule has 1 aliphatic heterocycles. The predicted octanol–water partition coefficient (Wildman–Crippen LogP) is 2.40. The number of rotatable bonds is 5. The number of benzene rings is 2. The minimum Gasteiger partial charge on any atom is -0.487 e. The van der Waals surface area contributed by atoms with Crippen LogP contribution in [-0.2, 0) is 6.54 Å². The lowest BCUT2D eigenvalue weighted by Crippen LogP contribution is -2.27. The highest BCUT2D eigenvalue weighted by Gasteiger charge is 2.31. The van der Waals surface area contributed by atoms with E-state index in [1.54, 1.807) is 12.1 Å². The van der Waals surface area contributed by atoms with Crippen molar-refractivity contribution in [2.24, 2.45) is 0 Å². The zero-order valence-corrected chi connectivity index (χ0v) is 14.2. The molecule has 1 aliphatic rings. The molecule has 2 N–H and O–H groups in total. The van der Waals surface area contributed by atoms with Gasteiger partial charge in [0.2, 0.25) is 0 Å². The second-order valence-electron chi connectivity index (χ2n) is 6.25. The Hall–Kier alpha value is -3.14. The molecule has 0 radical (unpaired) electrons. The van der Waals surface area contributed by atoms with Crippen LogP contribution in [-0.4, -0.2) is 22.4 Å². The van der Waals surface area contributed by atoms with Crippen LogP contribution in [0.25, 0.3) is 0 Å². The molecule has 0 saturated carbocycles. The van der Waals surface area contributed by atoms with Gasteiger partial charge in [-0.05, 0) is 29.8 Å². The van der Waals surface area contributed by atoms with E-state index in [-0.39, 0.29) is 12.1 Å². The summed E-state index contributed by atoms with van der Waals surface area (Å²) in [6.45, 7) is 1.43. The number of hydrogen-bond acceptors (Lipinski definition) is 5. The first-order valence-electron chi connectivity index (χ1n) is 8.53. The summed E-state index contributed by atoms with van der Waals surface area (Å²) >= 11 is 0. The monoisotopic (exact) mass is 345 g/mol. The van der Waals surface area contributed by atoms with Crippen molar-refractivity contribution in [1.29, 1.82) is 5.26 Å². The average molecular weight is 345 g/mol. The summed E-state index contributed by atoms with van der Waals surface area (Å²) in [4.78, 5) is 0. The first-order valence-corrected chi connectivity index (χ1v) is 8.53. The minimum atomic E-state index is -0.0580. The fraction of sp³-hybridized carbons (Fsp3) is 0.200. The standard InChI is InChI=1S/C20H19N5O/c21-10-15-6-8-18(9-7-15)26-19-12-22-24-20(19)17-11-23-25(14-17)13-16-4-2-1-3-5-16/h1-9,11,14,19-20,22,24H,12-13H2. The topological polar surface area (TPSA) is 74.9 Å². The molecule has 6 nitrogen and oxygen atoms in total. The maximum absolute atomic E-state index is 8.89. The predicted molar refractivity (Wildman–Crippen MR) is 97.2 cm³/mol. The summed E-state index contributed by atoms with van der Waals surface area (Å²) in [5, 5.41) is 13.4. The van der Waals surface area contributed by atoms with Crippen molar-refractivity contribution < 1.29 is 4.74 Å². The van der Waals surface area contributed by atoms with Crippen molar-refractivity contribution in [3.63, 3.8) is 0 Å². The molecule has 2 aromatic carbocycles. The van der Waals surface area contributed by atoms with Gasteiger partial charge in [-0.3, -0.25) is 10.1 Å². The molecule has 1 saturated heterocycles. The highest BCUT2D eigenvalue weighted by molar-refractivity contribution is 5.35. The lowest BCUT2D eigenvalue weighted by Gasteiger charge is -2.19. The number of aromatic nitrogens is 2. The van der Waals surface area contributed by atoms with Crippen LogP contribution in [0.1, 0.15) is 22.7 Å². The molecule has 0 bridgehead atoms. The maximum Gasteiger partial charge on any atom is 0.133 e. The van der Waals surface area contributed by atoms with Crippen LogP contribution in [0.4, 0.5) is 0 Å². The molecule has 26 heavy (non-hydrogen) atoms. The molecule has 1 aromatic heterocycles. The Morgan fingerprint density at radius 3 is 2.73 bits per heavy atom. The SMILES string of the molecule is N#Cc1ccc(OC2CNNC2c2cnn(Cc3ccccc3)c2)cc1. The van der Waals surface area contributed by atoms with Gasteiger partial charge in [-0.1, -0.05) is 30.3 Å². The van der Waals surface area contributed by atoms with Crippen LogP contribution >= 0.6 is 0 Å². The molecule has 130 valence electrons. The molecule has 2 heterocycles. The number of hydrazine groups is 1. The molecule has 0 spiro atoms. The summed E-state index contributed by atoms with van der Waals surface area (Å²) in [7, 11) is 0. The van der Waals surface area contributed by atoms with Crippen molar-refractivity contribution >= 4 is 0 Å². The van der Waals surface area contributed by atoms with Crippen molar-refractivity contribution in [2.75, 3.05) is 6.54 Å². The largest absolute Gasteiger partial charge is 0.487 e. The highest BCUT2D eigenvalue weighted by atomic mass is 16.5. The number of nitrogens with zero attached hydrogens (tertiary/aromatic N) is 3. The number of hydrogen-bond donors (Lipinski definition) is 2. The molecular weight excluding hydrogens is 326 g/mol. The summed E-state index contributed by atoms with van der Waals surface area (Å²) in [6, 6.07) is 19.6. The van der Waals surface area contributed by atoms with E-state index in [9.17, 15) is 0 Å². The Morgan fingerprint density at radius 1 is 1.15 bits per heavy atom. The zero-order chi connectivity index (χ0) is 17.8. The van der Waals surface area contributed by atoms with E-state index < -0.39 is 0 Å². The normalized spacial score (nSPS) is 19.2. The molecular formula is C20H19N5O. The van der Waals surface area contributed by atoms with Crippen LogP contribution in [0, 0.1) is 11.3 Å². The van der Waals surface area contributed by atoms with Gasteiger partial charge in [-0.15, -0.1) is 0 Å². The van der Waals surface area contributed by atoms with Crippen molar-refractivity contribution in [1.82, 2.24) is 20.6 Å². The molecule has 0 amide bonds. The zero-order valence-electron chi connectivity index (χ0n) is 14.2. The quantitative estimate of drug-likeness (QED) is 0.743. The van der Waals surface area contributed by atoms with Gasteiger partial charge in [0.25, 0.3) is 0 Å². The first kappa shape index (κ1) is 16.3. The van der Waals surface area contributed by atoms with E-state index in [0.29, 0.717) is 12.1 Å². The highest BCUT2D eigenvalue weighted by Crippen LogP contribution is 2.24. The van der Waals surface area contributed by atoms with Crippen molar-refractivity contribution in [3.05, 3.63) is 83.7 Å². The van der Waals surface area contributed by atoms with Gasteiger partial charge in [0, 0.05) is 18.3 Å². The summed E-state index contributed by atoms with van der Waals surface area (Å²) in [5.41, 5.74) is 9.33. The van der Waals surface area contributed by atoms with Gasteiger partial charge in [-0.25, -0.2) is 5.43 Å². The van der Waals surface area contributed by atoms with Crippen LogP contribution in [0.5, 0.6) is 5.75 Å². The first-order chi connectivity index (χ1) is 12.8. The second-order valence-corrected chi connectivity index (χ2v) is 6.25. The summed E-state index contributed by atoms with van der Waals surface area (Å²) < 4.78 is 8.03. The Balaban J connectivity index is 1.45. The fourth-order valence-corrected chi connectivity index (χ4v) is 3.07. The van der Waals surface area contributed by atoms with Crippen LogP contribution in [0.3, 0.4) is 0 Å². The molecule has 1 fully saturated rings. The van der Waals surface area contributed by atoms with E-state index >= 15 is 0 Å². The van der Waals surface area contributed by atoms with Gasteiger partial charge in [0.15, 0.2) is 0 Å². The Morgan fingerprint density at radius 2 is 1.96 bits per heavy atom. The molecule has 4 rings (SSSR count). The number of nitrogens with one attached hydrogen (secondary N) is 2. The fourth-order valence-electron chi connectivity index (χ4n) is 3.07. The molecule has 2 unspecified atom stereocenters. The van der Waals surface area contributed by atoms with Crippen LogP contribution < -0.4 is 15.6 Å². The number of nitriles is 1. The third-order valence-electron chi connectivity index (χ3n) is 4.40. The molecule has 0 aliphatic carbocycles. The molecule has 6 heteroatoms. The second kappa shape index (κ2) is 7.40. The Bertz CT molecular complexity index is 898. The smallest absolute Gasteiger partial charge is 0.133 e. The summed E-state index contributed by atoms with van der Waals surface area (Å²) in [6.07, 6.45) is 3.87. The van der Waals surface area contributed by atoms with E-state index in [0.717, 1.165) is 17.9 Å². The minimum absolute atomic E-state index is 0.00941. The maximum atomic E-state index is 8.89. The van der Waals surface area contributed by atoms with Gasteiger partial charge < -0.3 is 4.74 Å². The third kappa shape index (κ3) is 3.59.